The van der Waals surface area contributed by atoms with Gasteiger partial charge in [-0.05, 0) is 106 Å². The van der Waals surface area contributed by atoms with E-state index in [1.165, 1.54) is 0 Å². The molecule has 5 heteroatoms. The monoisotopic (exact) mass is 577 g/mol. The number of nitriles is 3. The topological polar surface area (TPSA) is 84.5 Å². The van der Waals surface area contributed by atoms with Crippen molar-refractivity contribution in [2.75, 3.05) is 0 Å². The summed E-state index contributed by atoms with van der Waals surface area (Å²) in [5.41, 5.74) is 9.39. The van der Waals surface area contributed by atoms with Crippen molar-refractivity contribution in [1.82, 2.24) is 0 Å². The number of fused-ring (bicyclic) bond motifs is 6. The summed E-state index contributed by atoms with van der Waals surface area (Å²) >= 11 is 1.72. The molecule has 0 aliphatic carbocycles. The molecule has 2 aromatic heterocycles. The van der Waals surface area contributed by atoms with Crippen molar-refractivity contribution in [2.24, 2.45) is 0 Å². The zero-order chi connectivity index (χ0) is 29.8. The van der Waals surface area contributed by atoms with Gasteiger partial charge >= 0.3 is 0 Å². The van der Waals surface area contributed by atoms with Gasteiger partial charge in [-0.15, -0.1) is 11.3 Å². The van der Waals surface area contributed by atoms with Crippen LogP contribution >= 0.6 is 11.3 Å². The van der Waals surface area contributed by atoms with Gasteiger partial charge in [-0.25, -0.2) is 0 Å². The summed E-state index contributed by atoms with van der Waals surface area (Å²) < 4.78 is 8.41. The van der Waals surface area contributed by atoms with E-state index in [4.69, 9.17) is 4.42 Å². The van der Waals surface area contributed by atoms with E-state index >= 15 is 0 Å². The number of thiophene rings is 1. The first-order chi connectivity index (χ1) is 21.6. The molecular formula is C39H19N3OS. The Hall–Kier alpha value is -6.19. The zero-order valence-corrected chi connectivity index (χ0v) is 23.9. The van der Waals surface area contributed by atoms with E-state index in [0.29, 0.717) is 16.7 Å². The van der Waals surface area contributed by atoms with Crippen molar-refractivity contribution in [2.45, 2.75) is 0 Å². The van der Waals surface area contributed by atoms with Crippen molar-refractivity contribution in [3.63, 3.8) is 0 Å². The maximum atomic E-state index is 9.75. The van der Waals surface area contributed by atoms with Gasteiger partial charge in [-0.3, -0.25) is 0 Å². The van der Waals surface area contributed by atoms with Crippen LogP contribution in [0.25, 0.3) is 75.5 Å². The number of furan rings is 1. The smallest absolute Gasteiger partial charge is 0.135 e. The second kappa shape index (κ2) is 9.97. The van der Waals surface area contributed by atoms with Gasteiger partial charge in [0.2, 0.25) is 0 Å². The Morgan fingerprint density at radius 3 is 1.70 bits per heavy atom. The van der Waals surface area contributed by atoms with Gasteiger partial charge in [0.15, 0.2) is 0 Å². The Labute approximate surface area is 256 Å². The SMILES string of the molecule is N#Cc1cccc(-c2c(-c3ccc4oc5ccc(C#N)cc5c4c3)cccc2-c2ccc3sc4ccc(C#N)cc4c3c2)c1. The number of rotatable bonds is 3. The van der Waals surface area contributed by atoms with Crippen LogP contribution in [0.1, 0.15) is 16.7 Å². The molecule has 0 aliphatic heterocycles. The molecule has 8 rings (SSSR count). The fourth-order valence-corrected chi connectivity index (χ4v) is 7.18. The van der Waals surface area contributed by atoms with E-state index in [-0.39, 0.29) is 0 Å². The van der Waals surface area contributed by atoms with Crippen LogP contribution in [0, 0.1) is 34.0 Å². The lowest BCUT2D eigenvalue weighted by atomic mass is 9.86. The van der Waals surface area contributed by atoms with Crippen LogP contribution in [0.2, 0.25) is 0 Å². The summed E-state index contributed by atoms with van der Waals surface area (Å²) in [5.74, 6) is 0. The molecule has 0 saturated carbocycles. The van der Waals surface area contributed by atoms with Crippen molar-refractivity contribution < 1.29 is 4.42 Å². The zero-order valence-electron chi connectivity index (χ0n) is 23.1. The minimum atomic E-state index is 0.583. The van der Waals surface area contributed by atoms with Crippen LogP contribution in [0.3, 0.4) is 0 Å². The molecule has 0 unspecified atom stereocenters. The van der Waals surface area contributed by atoms with Crippen LogP contribution in [0.5, 0.6) is 0 Å². The number of hydrogen-bond acceptors (Lipinski definition) is 5. The van der Waals surface area contributed by atoms with Gasteiger partial charge in [0, 0.05) is 30.9 Å². The van der Waals surface area contributed by atoms with Gasteiger partial charge in [0.25, 0.3) is 0 Å². The van der Waals surface area contributed by atoms with Gasteiger partial charge < -0.3 is 4.42 Å². The lowest BCUT2D eigenvalue weighted by Gasteiger charge is -2.17. The average molecular weight is 578 g/mol. The molecule has 8 aromatic rings. The first-order valence-corrected chi connectivity index (χ1v) is 14.8. The van der Waals surface area contributed by atoms with Gasteiger partial charge in [-0.2, -0.15) is 15.8 Å². The van der Waals surface area contributed by atoms with Crippen LogP contribution in [0.15, 0.2) is 120 Å². The van der Waals surface area contributed by atoms with Crippen molar-refractivity contribution in [3.8, 4) is 51.6 Å². The number of hydrogen-bond donors (Lipinski definition) is 0. The van der Waals surface area contributed by atoms with Crippen LogP contribution in [-0.2, 0) is 0 Å². The summed E-state index contributed by atoms with van der Waals surface area (Å²) in [6.07, 6.45) is 0. The third kappa shape index (κ3) is 4.03. The van der Waals surface area contributed by atoms with Crippen molar-refractivity contribution >= 4 is 53.4 Å². The molecule has 0 fully saturated rings. The highest BCUT2D eigenvalue weighted by Gasteiger charge is 2.18. The maximum Gasteiger partial charge on any atom is 0.135 e. The summed E-state index contributed by atoms with van der Waals surface area (Å²) in [6, 6.07) is 44.8. The predicted octanol–water partition coefficient (Wildman–Crippen LogP) is 10.6. The summed E-state index contributed by atoms with van der Waals surface area (Å²) in [6.45, 7) is 0. The second-order valence-corrected chi connectivity index (χ2v) is 11.8. The fraction of sp³-hybridized carbons (Fsp3) is 0. The molecule has 0 spiro atoms. The number of nitrogens with zero attached hydrogens (tertiary/aromatic N) is 3. The van der Waals surface area contributed by atoms with E-state index < -0.39 is 0 Å². The quantitative estimate of drug-likeness (QED) is 0.209. The molecule has 0 bridgehead atoms. The highest BCUT2D eigenvalue weighted by Crippen LogP contribution is 2.44. The Kier molecular flexibility index (Phi) is 5.78. The molecule has 0 N–H and O–H groups in total. The molecule has 4 nitrogen and oxygen atoms in total. The van der Waals surface area contributed by atoms with Crippen molar-refractivity contribution in [1.29, 1.82) is 15.8 Å². The van der Waals surface area contributed by atoms with Crippen LogP contribution < -0.4 is 0 Å². The molecule has 0 saturated heterocycles. The molecule has 2 heterocycles. The van der Waals surface area contributed by atoms with Crippen molar-refractivity contribution in [3.05, 3.63) is 132 Å². The molecule has 0 aliphatic rings. The Morgan fingerprint density at radius 2 is 0.977 bits per heavy atom. The molecule has 6 aromatic carbocycles. The second-order valence-electron chi connectivity index (χ2n) is 10.7. The van der Waals surface area contributed by atoms with E-state index in [1.54, 1.807) is 17.4 Å². The van der Waals surface area contributed by atoms with E-state index in [9.17, 15) is 15.8 Å². The average Bonchev–Trinajstić information content (AvgIpc) is 3.64. The highest BCUT2D eigenvalue weighted by atomic mass is 32.1. The third-order valence-corrected chi connectivity index (χ3v) is 9.32. The largest absolute Gasteiger partial charge is 0.456 e. The first-order valence-electron chi connectivity index (χ1n) is 14.0. The maximum absolute atomic E-state index is 9.75. The highest BCUT2D eigenvalue weighted by molar-refractivity contribution is 7.25. The molecule has 0 amide bonds. The minimum absolute atomic E-state index is 0.583. The van der Waals surface area contributed by atoms with E-state index in [0.717, 1.165) is 75.5 Å². The predicted molar refractivity (Wildman–Crippen MR) is 177 cm³/mol. The third-order valence-electron chi connectivity index (χ3n) is 8.16. The van der Waals surface area contributed by atoms with Gasteiger partial charge in [-0.1, -0.05) is 42.5 Å². The molecule has 0 atom stereocenters. The number of benzene rings is 6. The van der Waals surface area contributed by atoms with Crippen LogP contribution in [0.4, 0.5) is 0 Å². The minimum Gasteiger partial charge on any atom is -0.456 e. The normalized spacial score (nSPS) is 11.1. The molecule has 44 heavy (non-hydrogen) atoms. The van der Waals surface area contributed by atoms with E-state index in [1.807, 2.05) is 60.7 Å². The van der Waals surface area contributed by atoms with Crippen LogP contribution in [-0.4, -0.2) is 0 Å². The van der Waals surface area contributed by atoms with Gasteiger partial charge in [0.1, 0.15) is 11.2 Å². The van der Waals surface area contributed by atoms with E-state index in [2.05, 4.69) is 66.7 Å². The summed E-state index contributed by atoms with van der Waals surface area (Å²) in [7, 11) is 0. The summed E-state index contributed by atoms with van der Waals surface area (Å²) in [4.78, 5) is 0. The lowest BCUT2D eigenvalue weighted by molar-refractivity contribution is 0.669. The van der Waals surface area contributed by atoms with Gasteiger partial charge in [0.05, 0.1) is 34.9 Å². The Morgan fingerprint density at radius 1 is 0.455 bits per heavy atom. The lowest BCUT2D eigenvalue weighted by Crippen LogP contribution is -1.91. The summed E-state index contributed by atoms with van der Waals surface area (Å²) in [5, 5.41) is 32.8. The standard InChI is InChI=1S/C39H19N3OS/c40-20-23-3-1-4-28(15-23)39-29(26-9-12-36-32(18-26)31-16-24(21-41)7-11-35(31)43-36)5-2-6-30(39)27-10-14-38-34(19-27)33-17-25(22-42)8-13-37(33)44-38/h1-19H. The molecule has 0 radical (unpaired) electrons. The molecule has 202 valence electrons. The Bertz CT molecular complexity index is 2450. The Balaban J connectivity index is 1.40. The molecular weight excluding hydrogens is 559 g/mol. The first kappa shape index (κ1) is 25.5. The fourth-order valence-electron chi connectivity index (χ4n) is 6.12.